The quantitative estimate of drug-likeness (QED) is 0.262. The summed E-state index contributed by atoms with van der Waals surface area (Å²) < 4.78 is 116. The Hall–Kier alpha value is -3.28. The molecule has 0 bridgehead atoms. The molecule has 1 aromatic heterocycles. The second-order valence-corrected chi connectivity index (χ2v) is 11.3. The second-order valence-electron chi connectivity index (χ2n) is 9.06. The fourth-order valence-electron chi connectivity index (χ4n) is 4.50. The lowest BCUT2D eigenvalue weighted by atomic mass is 9.98. The number of piperidine rings is 1. The molecule has 3 aromatic rings. The number of halogens is 7. The summed E-state index contributed by atoms with van der Waals surface area (Å²) in [5.41, 5.74) is 3.11. The minimum Gasteiger partial charge on any atom is -0.495 e. The van der Waals surface area contributed by atoms with Crippen molar-refractivity contribution in [3.05, 3.63) is 40.9 Å². The van der Waals surface area contributed by atoms with Crippen LogP contribution >= 0.6 is 11.6 Å². The topological polar surface area (TPSA) is 138 Å². The van der Waals surface area contributed by atoms with Crippen molar-refractivity contribution in [3.63, 3.8) is 0 Å². The molecule has 4 rings (SSSR count). The first-order valence-electron chi connectivity index (χ1n) is 11.9. The van der Waals surface area contributed by atoms with Gasteiger partial charge in [0.1, 0.15) is 17.2 Å². The van der Waals surface area contributed by atoms with Gasteiger partial charge in [-0.25, -0.2) is 13.5 Å². The van der Waals surface area contributed by atoms with Gasteiger partial charge in [-0.3, -0.25) is 0 Å². The molecule has 0 atom stereocenters. The van der Waals surface area contributed by atoms with Gasteiger partial charge in [-0.05, 0) is 55.8 Å². The van der Waals surface area contributed by atoms with Gasteiger partial charge >= 0.3 is 12.4 Å². The van der Waals surface area contributed by atoms with Crippen molar-refractivity contribution < 1.29 is 39.5 Å². The van der Waals surface area contributed by atoms with Gasteiger partial charge in [-0.15, -0.1) is 5.10 Å². The molecule has 1 saturated heterocycles. The summed E-state index contributed by atoms with van der Waals surface area (Å²) in [7, 11) is -3.83. The molecule has 1 aliphatic rings. The van der Waals surface area contributed by atoms with Crippen molar-refractivity contribution in [2.24, 2.45) is 0 Å². The molecule has 2 heterocycles. The monoisotopic (exact) mass is 627 g/mol. The number of sulfonamides is 1. The Morgan fingerprint density at radius 2 is 1.83 bits per heavy atom. The summed E-state index contributed by atoms with van der Waals surface area (Å²) in [6, 6.07) is 3.86. The van der Waals surface area contributed by atoms with E-state index in [2.05, 4.69) is 25.8 Å². The van der Waals surface area contributed by atoms with Crippen molar-refractivity contribution in [2.75, 3.05) is 37.8 Å². The summed E-state index contributed by atoms with van der Waals surface area (Å²) in [6.45, 7) is -1.21. The van der Waals surface area contributed by atoms with Gasteiger partial charge in [0.15, 0.2) is 0 Å². The Balaban J connectivity index is 1.85. The average molecular weight is 628 g/mol. The number of nitrogens with two attached hydrogens (primary N) is 1. The van der Waals surface area contributed by atoms with E-state index in [1.807, 2.05) is 0 Å². The molecule has 1 aliphatic heterocycles. The summed E-state index contributed by atoms with van der Waals surface area (Å²) >= 11 is 6.30. The van der Waals surface area contributed by atoms with Crippen LogP contribution in [0.4, 0.5) is 43.9 Å². The number of rotatable bonds is 8. The van der Waals surface area contributed by atoms with E-state index in [0.29, 0.717) is 10.4 Å². The van der Waals surface area contributed by atoms with E-state index in [1.165, 1.54) is 0 Å². The first-order chi connectivity index (χ1) is 19.1. The van der Waals surface area contributed by atoms with Crippen LogP contribution in [0.15, 0.2) is 35.2 Å². The molecule has 0 radical (unpaired) electrons. The maximum absolute atomic E-state index is 14.2. The van der Waals surface area contributed by atoms with Gasteiger partial charge < -0.3 is 21.1 Å². The SMILES string of the molecule is COc1ccc(-c2c(Cl)cc(Nc3n[nH]c(N)n3)cc2C(F)(F)F)cc1S(=O)(=O)N(CC(F)(F)F)C1CCNCC1. The van der Waals surface area contributed by atoms with Crippen molar-refractivity contribution in [1.29, 1.82) is 0 Å². The third-order valence-corrected chi connectivity index (χ3v) is 8.46. The Kier molecular flexibility index (Phi) is 8.63. The van der Waals surface area contributed by atoms with E-state index >= 15 is 0 Å². The standard InChI is InChI=1S/C23H24ClF6N7O3S/c1-40-17-3-2-12(8-18(17)41(38,39)37(11-22(25,26)27)14-4-6-32-7-5-14)19-15(23(28,29)30)9-13(10-16(19)24)33-21-34-20(31)35-36-21/h2-3,8-10,14,32H,4-7,11H2,1H3,(H4,31,33,34,35,36). The van der Waals surface area contributed by atoms with E-state index in [4.69, 9.17) is 22.1 Å². The zero-order valence-electron chi connectivity index (χ0n) is 21.2. The Labute approximate surface area is 235 Å². The average Bonchev–Trinajstić information content (AvgIpc) is 3.30. The van der Waals surface area contributed by atoms with Crippen LogP contribution in [0.5, 0.6) is 5.75 Å². The van der Waals surface area contributed by atoms with E-state index < -0.39 is 56.0 Å². The van der Waals surface area contributed by atoms with E-state index in [0.717, 1.165) is 31.4 Å². The number of hydrogen-bond donors (Lipinski definition) is 4. The van der Waals surface area contributed by atoms with Gasteiger partial charge in [0.2, 0.25) is 21.9 Å². The van der Waals surface area contributed by atoms with Crippen LogP contribution in [0.1, 0.15) is 18.4 Å². The predicted molar refractivity (Wildman–Crippen MR) is 138 cm³/mol. The lowest BCUT2D eigenvalue weighted by Gasteiger charge is -2.34. The smallest absolute Gasteiger partial charge is 0.417 e. The van der Waals surface area contributed by atoms with Crippen LogP contribution in [0.3, 0.4) is 0 Å². The number of anilines is 3. The number of methoxy groups -OCH3 is 1. The first-order valence-corrected chi connectivity index (χ1v) is 13.8. The Morgan fingerprint density at radius 1 is 1.15 bits per heavy atom. The van der Waals surface area contributed by atoms with Crippen molar-refractivity contribution in [3.8, 4) is 16.9 Å². The molecule has 1 fully saturated rings. The number of H-pyrrole nitrogens is 1. The van der Waals surface area contributed by atoms with Crippen molar-refractivity contribution >= 4 is 39.2 Å². The highest BCUT2D eigenvalue weighted by Crippen LogP contribution is 2.45. The molecule has 0 amide bonds. The maximum Gasteiger partial charge on any atom is 0.417 e. The molecule has 0 saturated carbocycles. The third-order valence-electron chi connectivity index (χ3n) is 6.24. The van der Waals surface area contributed by atoms with E-state index in [1.54, 1.807) is 0 Å². The maximum atomic E-state index is 14.2. The zero-order valence-corrected chi connectivity index (χ0v) is 22.8. The highest BCUT2D eigenvalue weighted by molar-refractivity contribution is 7.89. The number of nitrogens with one attached hydrogen (secondary N) is 3. The Morgan fingerprint density at radius 3 is 2.39 bits per heavy atom. The summed E-state index contributed by atoms with van der Waals surface area (Å²) in [5.74, 6) is -0.581. The molecule has 0 aliphatic carbocycles. The molecular formula is C23H24ClF6N7O3S. The van der Waals surface area contributed by atoms with Crippen LogP contribution in [-0.4, -0.2) is 66.9 Å². The fourth-order valence-corrected chi connectivity index (χ4v) is 6.68. The number of aromatic amines is 1. The number of nitrogen functional groups attached to an aromatic ring is 1. The van der Waals surface area contributed by atoms with Gasteiger partial charge in [0.05, 0.1) is 17.7 Å². The van der Waals surface area contributed by atoms with Crippen LogP contribution in [0.25, 0.3) is 11.1 Å². The number of alkyl halides is 6. The van der Waals surface area contributed by atoms with E-state index in [9.17, 15) is 34.8 Å². The van der Waals surface area contributed by atoms with Crippen LogP contribution < -0.4 is 21.1 Å². The highest BCUT2D eigenvalue weighted by Gasteiger charge is 2.43. The zero-order chi connectivity index (χ0) is 30.2. The van der Waals surface area contributed by atoms with E-state index in [-0.39, 0.29) is 54.8 Å². The second kappa shape index (κ2) is 11.5. The minimum atomic E-state index is -4.98. The fraction of sp³-hybridized carbons (Fsp3) is 0.391. The predicted octanol–water partition coefficient (Wildman–Crippen LogP) is 4.78. The van der Waals surface area contributed by atoms with Gasteiger partial charge in [-0.1, -0.05) is 17.7 Å². The largest absolute Gasteiger partial charge is 0.495 e. The molecule has 5 N–H and O–H groups in total. The number of aromatic nitrogens is 3. The first kappa shape index (κ1) is 30.7. The Bertz CT molecular complexity index is 1510. The van der Waals surface area contributed by atoms with Crippen LogP contribution in [0, 0.1) is 0 Å². The number of nitrogens with zero attached hydrogens (tertiary/aromatic N) is 3. The van der Waals surface area contributed by atoms with Crippen LogP contribution in [-0.2, 0) is 16.2 Å². The lowest BCUT2D eigenvalue weighted by Crippen LogP contribution is -2.49. The molecule has 2 aromatic carbocycles. The molecule has 0 unspecified atom stereocenters. The van der Waals surface area contributed by atoms with Crippen LogP contribution in [0.2, 0.25) is 5.02 Å². The van der Waals surface area contributed by atoms with Gasteiger partial charge in [0.25, 0.3) is 0 Å². The van der Waals surface area contributed by atoms with Gasteiger partial charge in [0, 0.05) is 17.3 Å². The van der Waals surface area contributed by atoms with Crippen molar-refractivity contribution in [2.45, 2.75) is 36.1 Å². The third kappa shape index (κ3) is 6.97. The molecule has 41 heavy (non-hydrogen) atoms. The lowest BCUT2D eigenvalue weighted by molar-refractivity contribution is -0.140. The van der Waals surface area contributed by atoms with Gasteiger partial charge in [-0.2, -0.15) is 35.6 Å². The summed E-state index contributed by atoms with van der Waals surface area (Å²) in [6.07, 6.45) is -9.66. The molecule has 0 spiro atoms. The molecule has 10 nitrogen and oxygen atoms in total. The summed E-state index contributed by atoms with van der Waals surface area (Å²) in [5, 5.41) is 11.0. The molecule has 224 valence electrons. The number of ether oxygens (including phenoxy) is 1. The molecular weight excluding hydrogens is 604 g/mol. The number of benzene rings is 2. The minimum absolute atomic E-state index is 0.0951. The summed E-state index contributed by atoms with van der Waals surface area (Å²) in [4.78, 5) is 3.02. The number of hydrogen-bond acceptors (Lipinski definition) is 8. The highest BCUT2D eigenvalue weighted by atomic mass is 35.5. The molecule has 18 heteroatoms. The normalized spacial score (nSPS) is 15.3. The van der Waals surface area contributed by atoms with Crippen molar-refractivity contribution in [1.82, 2.24) is 24.8 Å².